The summed E-state index contributed by atoms with van der Waals surface area (Å²) in [6.45, 7) is -1.96. The number of carbonyl (C=O) groups excluding carboxylic acids is 6. The van der Waals surface area contributed by atoms with Crippen molar-refractivity contribution in [1.82, 2.24) is 29.4 Å². The average molecular weight is 1170 g/mol. The molecule has 0 bridgehead atoms. The van der Waals surface area contributed by atoms with Crippen molar-refractivity contribution in [3.8, 4) is 0 Å². The molecular formula is C50H68N8O24. The number of carboxylic acid groups (broad SMARTS) is 4. The van der Waals surface area contributed by atoms with Crippen LogP contribution in [0.1, 0.15) is 62.5 Å². The average Bonchev–Trinajstić information content (AvgIpc) is 3.57. The highest BCUT2D eigenvalue weighted by atomic mass is 16.6. The summed E-state index contributed by atoms with van der Waals surface area (Å²) in [7, 11) is 0. The second kappa shape index (κ2) is 37.6. The van der Waals surface area contributed by atoms with Gasteiger partial charge in [0.1, 0.15) is 40.4 Å². The fourth-order valence-corrected chi connectivity index (χ4v) is 10.2. The van der Waals surface area contributed by atoms with Gasteiger partial charge in [-0.25, -0.2) is 9.80 Å². The SMILES string of the molecule is O=COCN(COC=O)[C@@H](Cc1ccc([N+](=O)[O-])cc1)CN(COC=O)[C@@H]1CCCC[C@H]1N(CC(=O)O)CC(=O)O.O=COCN(COC=O)[C@H](Cc1ccc([N+](=O)[O-])cc1)CN(COC=O)[C@@H]1CCCC[C@H]1N(CC(=O)O)CC(=O)O. The first-order valence-electron chi connectivity index (χ1n) is 25.5. The zero-order valence-corrected chi connectivity index (χ0v) is 44.6. The summed E-state index contributed by atoms with van der Waals surface area (Å²) in [6, 6.07) is 8.54. The summed E-state index contributed by atoms with van der Waals surface area (Å²) < 4.78 is 29.9. The van der Waals surface area contributed by atoms with Crippen molar-refractivity contribution in [1.29, 1.82) is 0 Å². The van der Waals surface area contributed by atoms with E-state index < -0.39 is 96.2 Å². The van der Waals surface area contributed by atoms with Gasteiger partial charge in [-0.15, -0.1) is 0 Å². The van der Waals surface area contributed by atoms with Gasteiger partial charge < -0.3 is 48.8 Å². The summed E-state index contributed by atoms with van der Waals surface area (Å²) in [4.78, 5) is 143. The molecule has 0 aliphatic heterocycles. The lowest BCUT2D eigenvalue weighted by atomic mass is 9.87. The first kappa shape index (κ1) is 68.0. The van der Waals surface area contributed by atoms with Gasteiger partial charge in [-0.1, -0.05) is 49.9 Å². The number of carboxylic acids is 4. The van der Waals surface area contributed by atoms with Gasteiger partial charge in [-0.2, -0.15) is 0 Å². The first-order valence-corrected chi connectivity index (χ1v) is 25.5. The number of non-ortho nitro benzene ring substituents is 2. The van der Waals surface area contributed by atoms with Gasteiger partial charge >= 0.3 is 23.9 Å². The number of rotatable bonds is 42. The molecule has 32 nitrogen and oxygen atoms in total. The maximum atomic E-state index is 11.6. The highest BCUT2D eigenvalue weighted by Gasteiger charge is 2.40. The van der Waals surface area contributed by atoms with E-state index in [4.69, 9.17) is 28.4 Å². The maximum absolute atomic E-state index is 11.6. The van der Waals surface area contributed by atoms with Crippen molar-refractivity contribution in [2.75, 3.05) is 79.7 Å². The van der Waals surface area contributed by atoms with E-state index in [0.717, 1.165) is 25.7 Å². The molecule has 2 aliphatic rings. The van der Waals surface area contributed by atoms with Crippen molar-refractivity contribution in [2.45, 2.75) is 100 Å². The molecule has 4 N–H and O–H groups in total. The van der Waals surface area contributed by atoms with Crippen molar-refractivity contribution in [3.63, 3.8) is 0 Å². The molecule has 0 unspecified atom stereocenters. The standard InChI is InChI=1S/2C25H34N4O12/c2*30-16-39-13-27(23-4-2-1-3-22(23)26(11-24(33)34)12-25(35)36)10-21(28(14-40-17-31)15-41-18-32)9-19-5-7-20(8-6-19)29(37)38/h2*5-8,16-18,21-23H,1-4,9-15H2,(H,33,34)(H,35,36)/t21-,22+,23+;21-,22-,23-/m01/s1. The molecule has 0 amide bonds. The normalized spacial score (nSPS) is 17.5. The van der Waals surface area contributed by atoms with E-state index in [0.29, 0.717) is 36.8 Å². The number of hydrogen-bond donors (Lipinski definition) is 4. The van der Waals surface area contributed by atoms with E-state index >= 15 is 0 Å². The van der Waals surface area contributed by atoms with Crippen LogP contribution in [0.3, 0.4) is 0 Å². The highest BCUT2D eigenvalue weighted by molar-refractivity contribution is 5.73. The third kappa shape index (κ3) is 24.2. The van der Waals surface area contributed by atoms with E-state index in [1.165, 1.54) is 43.9 Å². The monoisotopic (exact) mass is 1160 g/mol. The van der Waals surface area contributed by atoms with E-state index in [-0.39, 0.29) is 117 Å². The third-order valence-electron chi connectivity index (χ3n) is 13.6. The molecule has 0 aromatic heterocycles. The van der Waals surface area contributed by atoms with Crippen LogP contribution in [0.15, 0.2) is 48.5 Å². The highest BCUT2D eigenvalue weighted by Crippen LogP contribution is 2.31. The minimum absolute atomic E-state index is 0.112. The Morgan fingerprint density at radius 3 is 0.915 bits per heavy atom. The van der Waals surface area contributed by atoms with E-state index in [9.17, 15) is 88.6 Å². The quantitative estimate of drug-likeness (QED) is 0.0232. The first-order chi connectivity index (χ1) is 39.4. The van der Waals surface area contributed by atoms with Crippen LogP contribution in [0.25, 0.3) is 0 Å². The molecule has 2 aliphatic carbocycles. The lowest BCUT2D eigenvalue weighted by Crippen LogP contribution is -2.58. The van der Waals surface area contributed by atoms with Crippen molar-refractivity contribution in [3.05, 3.63) is 79.9 Å². The maximum Gasteiger partial charge on any atom is 0.317 e. The molecular weight excluding hydrogens is 1100 g/mol. The van der Waals surface area contributed by atoms with Gasteiger partial charge in [0.05, 0.1) is 36.0 Å². The molecule has 0 heterocycles. The Morgan fingerprint density at radius 1 is 0.439 bits per heavy atom. The Balaban J connectivity index is 0.000000430. The van der Waals surface area contributed by atoms with Crippen LogP contribution in [0.4, 0.5) is 11.4 Å². The molecule has 2 fully saturated rings. The van der Waals surface area contributed by atoms with Crippen molar-refractivity contribution >= 4 is 74.1 Å². The predicted molar refractivity (Wildman–Crippen MR) is 276 cm³/mol. The molecule has 6 atom stereocenters. The van der Waals surface area contributed by atoms with Gasteiger partial charge in [-0.3, -0.25) is 87.8 Å². The minimum atomic E-state index is -1.19. The second-order valence-electron chi connectivity index (χ2n) is 18.9. The molecule has 4 rings (SSSR count). The summed E-state index contributed by atoms with van der Waals surface area (Å²) in [6.07, 6.45) is 5.53. The van der Waals surface area contributed by atoms with Gasteiger partial charge in [-0.05, 0) is 49.7 Å². The summed E-state index contributed by atoms with van der Waals surface area (Å²) in [5, 5.41) is 60.0. The van der Waals surface area contributed by atoms with Crippen LogP contribution < -0.4 is 0 Å². The molecule has 0 saturated heterocycles. The van der Waals surface area contributed by atoms with E-state index in [1.807, 2.05) is 0 Å². The Hall–Kier alpha value is -8.30. The van der Waals surface area contributed by atoms with Crippen LogP contribution in [0.5, 0.6) is 0 Å². The molecule has 2 saturated carbocycles. The summed E-state index contributed by atoms with van der Waals surface area (Å²) >= 11 is 0. The summed E-state index contributed by atoms with van der Waals surface area (Å²) in [5.41, 5.74) is 1.10. The molecule has 2 aromatic carbocycles. The number of hydrogen-bond acceptors (Lipinski definition) is 26. The Bertz CT molecular complexity index is 2150. The Labute approximate surface area is 469 Å². The van der Waals surface area contributed by atoms with Crippen molar-refractivity contribution in [2.24, 2.45) is 0 Å². The molecule has 0 radical (unpaired) electrons. The van der Waals surface area contributed by atoms with Gasteiger partial charge in [0, 0.05) is 73.6 Å². The lowest BCUT2D eigenvalue weighted by Gasteiger charge is -2.45. The topological polar surface area (TPSA) is 413 Å². The van der Waals surface area contributed by atoms with Crippen LogP contribution in [0, 0.1) is 20.2 Å². The van der Waals surface area contributed by atoms with E-state index in [2.05, 4.69) is 0 Å². The fourth-order valence-electron chi connectivity index (χ4n) is 10.2. The van der Waals surface area contributed by atoms with Gasteiger partial charge in [0.15, 0.2) is 0 Å². The Morgan fingerprint density at radius 2 is 0.683 bits per heavy atom. The number of benzene rings is 2. The predicted octanol–water partition coefficient (Wildman–Crippen LogP) is 0.568. The molecule has 452 valence electrons. The van der Waals surface area contributed by atoms with Crippen LogP contribution in [-0.2, 0) is 89.2 Å². The van der Waals surface area contributed by atoms with Gasteiger partial charge in [0.25, 0.3) is 50.2 Å². The fraction of sp³-hybridized carbons (Fsp3) is 0.560. The number of nitrogens with zero attached hydrogens (tertiary/aromatic N) is 8. The van der Waals surface area contributed by atoms with Crippen LogP contribution in [0.2, 0.25) is 0 Å². The number of carbonyl (C=O) groups is 10. The molecule has 0 spiro atoms. The number of nitro benzene ring substituents is 2. The zero-order valence-electron chi connectivity index (χ0n) is 44.6. The number of aliphatic carboxylic acids is 4. The van der Waals surface area contributed by atoms with Crippen LogP contribution in [-0.4, -0.2) is 238 Å². The number of ether oxygens (including phenoxy) is 6. The molecule has 82 heavy (non-hydrogen) atoms. The smallest absolute Gasteiger partial charge is 0.317 e. The molecule has 32 heteroatoms. The third-order valence-corrected chi connectivity index (χ3v) is 13.6. The largest absolute Gasteiger partial charge is 0.480 e. The summed E-state index contributed by atoms with van der Waals surface area (Å²) in [5.74, 6) is -4.76. The van der Waals surface area contributed by atoms with Gasteiger partial charge in [0.2, 0.25) is 0 Å². The second-order valence-corrected chi connectivity index (χ2v) is 18.9. The van der Waals surface area contributed by atoms with E-state index in [1.54, 1.807) is 34.1 Å². The zero-order chi connectivity index (χ0) is 60.4. The lowest BCUT2D eigenvalue weighted by molar-refractivity contribution is -0.385. The van der Waals surface area contributed by atoms with Crippen molar-refractivity contribution < 1.29 is 107 Å². The van der Waals surface area contributed by atoms with Crippen LogP contribution >= 0.6 is 0 Å². The molecule has 2 aromatic rings. The minimum Gasteiger partial charge on any atom is -0.480 e. The Kier molecular flexibility index (Phi) is 31.2. The number of nitro groups is 2.